The number of amides is 2. The van der Waals surface area contributed by atoms with Gasteiger partial charge < -0.3 is 9.52 Å². The summed E-state index contributed by atoms with van der Waals surface area (Å²) in [7, 11) is 0. The van der Waals surface area contributed by atoms with E-state index >= 15 is 0 Å². The molecule has 8 heteroatoms. The van der Waals surface area contributed by atoms with Gasteiger partial charge >= 0.3 is 5.97 Å². The molecule has 120 valence electrons. The fourth-order valence-electron chi connectivity index (χ4n) is 2.16. The lowest BCUT2D eigenvalue weighted by Gasteiger charge is -2.28. The maximum Gasteiger partial charge on any atom is 0.335 e. The molecule has 2 heterocycles. The van der Waals surface area contributed by atoms with Crippen molar-refractivity contribution in [3.63, 3.8) is 0 Å². The van der Waals surface area contributed by atoms with Gasteiger partial charge in [-0.15, -0.1) is 0 Å². The zero-order chi connectivity index (χ0) is 17.3. The maximum absolute atomic E-state index is 12.6. The quantitative estimate of drug-likeness (QED) is 0.501. The van der Waals surface area contributed by atoms with Gasteiger partial charge in [0.25, 0.3) is 11.8 Å². The summed E-state index contributed by atoms with van der Waals surface area (Å²) in [5.74, 6) is -1.98. The minimum atomic E-state index is -1.08. The van der Waals surface area contributed by atoms with Gasteiger partial charge in [0.1, 0.15) is 11.3 Å². The summed E-state index contributed by atoms with van der Waals surface area (Å²) >= 11 is 5.05. The van der Waals surface area contributed by atoms with Crippen molar-refractivity contribution < 1.29 is 23.9 Å². The molecule has 0 saturated carbocycles. The lowest BCUT2D eigenvalue weighted by molar-refractivity contribution is -0.122. The molecule has 1 aliphatic rings. The van der Waals surface area contributed by atoms with Crippen molar-refractivity contribution in [2.45, 2.75) is 0 Å². The van der Waals surface area contributed by atoms with Crippen molar-refractivity contribution in [2.24, 2.45) is 0 Å². The van der Waals surface area contributed by atoms with Crippen molar-refractivity contribution in [1.82, 2.24) is 5.32 Å². The third-order valence-electron chi connectivity index (χ3n) is 3.30. The molecule has 0 atom stereocenters. The van der Waals surface area contributed by atoms with Gasteiger partial charge in [-0.05, 0) is 54.7 Å². The van der Waals surface area contributed by atoms with E-state index in [9.17, 15) is 14.4 Å². The Morgan fingerprint density at radius 3 is 2.50 bits per heavy atom. The number of carbonyl (C=O) groups excluding carboxylic acids is 2. The van der Waals surface area contributed by atoms with E-state index in [4.69, 9.17) is 21.7 Å². The molecule has 24 heavy (non-hydrogen) atoms. The number of hydrogen-bond donors (Lipinski definition) is 2. The third-order valence-corrected chi connectivity index (χ3v) is 3.59. The molecule has 0 unspecified atom stereocenters. The number of nitrogens with one attached hydrogen (secondary N) is 1. The Morgan fingerprint density at radius 2 is 1.92 bits per heavy atom. The van der Waals surface area contributed by atoms with Gasteiger partial charge in [0, 0.05) is 0 Å². The first-order valence-corrected chi connectivity index (χ1v) is 7.16. The highest BCUT2D eigenvalue weighted by molar-refractivity contribution is 7.80. The fourth-order valence-corrected chi connectivity index (χ4v) is 2.44. The topological polar surface area (TPSA) is 99.9 Å². The summed E-state index contributed by atoms with van der Waals surface area (Å²) in [5, 5.41) is 11.3. The number of carboxylic acids is 1. The van der Waals surface area contributed by atoms with E-state index in [-0.39, 0.29) is 16.2 Å². The SMILES string of the molecule is O=C1NC(=S)N(c2ccc(C(=O)O)cc2)C(=O)/C1=C/c1ccco1. The van der Waals surface area contributed by atoms with Crippen LogP contribution in [0.1, 0.15) is 16.1 Å². The van der Waals surface area contributed by atoms with E-state index in [2.05, 4.69) is 5.32 Å². The van der Waals surface area contributed by atoms with Crippen LogP contribution in [0.2, 0.25) is 0 Å². The van der Waals surface area contributed by atoms with Crippen molar-refractivity contribution in [3.05, 3.63) is 59.6 Å². The smallest absolute Gasteiger partial charge is 0.335 e. The van der Waals surface area contributed by atoms with E-state index in [1.54, 1.807) is 12.1 Å². The number of anilines is 1. The first kappa shape index (κ1) is 15.6. The highest BCUT2D eigenvalue weighted by atomic mass is 32.1. The normalized spacial score (nSPS) is 16.4. The predicted octanol–water partition coefficient (Wildman–Crippen LogP) is 1.81. The number of carbonyl (C=O) groups is 3. The van der Waals surface area contributed by atoms with Gasteiger partial charge in [0.15, 0.2) is 5.11 Å². The standard InChI is InChI=1S/C16H10N2O5S/c19-13-12(8-11-2-1-7-23-11)14(20)18(16(24)17-13)10-5-3-9(4-6-10)15(21)22/h1-8H,(H,21,22)(H,17,19,24)/b12-8+. The molecule has 1 aromatic heterocycles. The van der Waals surface area contributed by atoms with Crippen LogP contribution >= 0.6 is 12.2 Å². The summed E-state index contributed by atoms with van der Waals surface area (Å²) in [5.41, 5.74) is 0.283. The molecule has 1 fully saturated rings. The average Bonchev–Trinajstić information content (AvgIpc) is 3.05. The van der Waals surface area contributed by atoms with E-state index in [1.807, 2.05) is 0 Å². The Hall–Kier alpha value is -3.26. The van der Waals surface area contributed by atoms with Crippen LogP contribution < -0.4 is 10.2 Å². The second kappa shape index (κ2) is 6.09. The van der Waals surface area contributed by atoms with Gasteiger partial charge in [0.05, 0.1) is 17.5 Å². The molecule has 2 N–H and O–H groups in total. The zero-order valence-corrected chi connectivity index (χ0v) is 12.9. The van der Waals surface area contributed by atoms with Crippen LogP contribution in [-0.2, 0) is 9.59 Å². The van der Waals surface area contributed by atoms with E-state index in [0.29, 0.717) is 11.4 Å². The summed E-state index contributed by atoms with van der Waals surface area (Å²) in [6.07, 6.45) is 2.74. The molecule has 2 amide bonds. The van der Waals surface area contributed by atoms with Crippen LogP contribution in [0.25, 0.3) is 6.08 Å². The molecule has 7 nitrogen and oxygen atoms in total. The highest BCUT2D eigenvalue weighted by Gasteiger charge is 2.34. The minimum absolute atomic E-state index is 0.0736. The number of carboxylic acid groups (broad SMARTS) is 1. The number of nitrogens with zero attached hydrogens (tertiary/aromatic N) is 1. The Balaban J connectivity index is 1.98. The molecular formula is C16H10N2O5S. The molecule has 1 aromatic carbocycles. The largest absolute Gasteiger partial charge is 0.478 e. The van der Waals surface area contributed by atoms with Crippen molar-refractivity contribution in [3.8, 4) is 0 Å². The summed E-state index contributed by atoms with van der Waals surface area (Å²) in [4.78, 5) is 36.7. The van der Waals surface area contributed by atoms with Crippen LogP contribution in [0, 0.1) is 0 Å². The Labute approximate surface area is 141 Å². The van der Waals surface area contributed by atoms with Crippen molar-refractivity contribution in [2.75, 3.05) is 4.90 Å². The van der Waals surface area contributed by atoms with Crippen LogP contribution in [0.5, 0.6) is 0 Å². The number of hydrogen-bond acceptors (Lipinski definition) is 5. The Kier molecular flexibility index (Phi) is 3.97. The Morgan fingerprint density at radius 1 is 1.21 bits per heavy atom. The lowest BCUT2D eigenvalue weighted by Crippen LogP contribution is -2.54. The van der Waals surface area contributed by atoms with E-state index in [0.717, 1.165) is 4.90 Å². The zero-order valence-electron chi connectivity index (χ0n) is 12.1. The maximum atomic E-state index is 12.6. The molecule has 0 radical (unpaired) electrons. The second-order valence-corrected chi connectivity index (χ2v) is 5.21. The third kappa shape index (κ3) is 2.82. The van der Waals surface area contributed by atoms with Crippen LogP contribution in [0.4, 0.5) is 5.69 Å². The lowest BCUT2D eigenvalue weighted by atomic mass is 10.1. The fraction of sp³-hybridized carbons (Fsp3) is 0. The Bertz CT molecular complexity index is 868. The molecule has 0 aliphatic carbocycles. The van der Waals surface area contributed by atoms with Gasteiger partial charge in [0.2, 0.25) is 0 Å². The summed E-state index contributed by atoms with van der Waals surface area (Å²) in [6, 6.07) is 8.81. The predicted molar refractivity (Wildman–Crippen MR) is 88.3 cm³/mol. The van der Waals surface area contributed by atoms with Crippen LogP contribution in [-0.4, -0.2) is 28.0 Å². The van der Waals surface area contributed by atoms with E-state index < -0.39 is 17.8 Å². The number of benzene rings is 1. The molecular weight excluding hydrogens is 332 g/mol. The highest BCUT2D eigenvalue weighted by Crippen LogP contribution is 2.22. The number of rotatable bonds is 3. The van der Waals surface area contributed by atoms with Gasteiger partial charge in [-0.25, -0.2) is 4.79 Å². The van der Waals surface area contributed by atoms with Gasteiger partial charge in [-0.1, -0.05) is 0 Å². The first-order chi connectivity index (χ1) is 11.5. The summed E-state index contributed by atoms with van der Waals surface area (Å²) in [6.45, 7) is 0. The number of thiocarbonyl (C=S) groups is 1. The van der Waals surface area contributed by atoms with Gasteiger partial charge in [-0.3, -0.25) is 19.8 Å². The first-order valence-electron chi connectivity index (χ1n) is 6.75. The number of furan rings is 1. The second-order valence-electron chi connectivity index (χ2n) is 4.83. The van der Waals surface area contributed by atoms with Gasteiger partial charge in [-0.2, -0.15) is 0 Å². The molecule has 1 saturated heterocycles. The average molecular weight is 342 g/mol. The van der Waals surface area contributed by atoms with Crippen molar-refractivity contribution in [1.29, 1.82) is 0 Å². The number of aromatic carboxylic acids is 1. The molecule has 0 spiro atoms. The molecule has 3 rings (SSSR count). The van der Waals surface area contributed by atoms with Crippen molar-refractivity contribution >= 4 is 46.9 Å². The summed E-state index contributed by atoms with van der Waals surface area (Å²) < 4.78 is 5.12. The van der Waals surface area contributed by atoms with Crippen LogP contribution in [0.3, 0.4) is 0 Å². The van der Waals surface area contributed by atoms with Crippen LogP contribution in [0.15, 0.2) is 52.7 Å². The molecule has 1 aliphatic heterocycles. The minimum Gasteiger partial charge on any atom is -0.478 e. The molecule has 2 aromatic rings. The van der Waals surface area contributed by atoms with E-state index in [1.165, 1.54) is 36.6 Å². The molecule has 0 bridgehead atoms. The monoisotopic (exact) mass is 342 g/mol.